The number of anilines is 1. The highest BCUT2D eigenvalue weighted by Crippen LogP contribution is 2.22. The molecule has 0 bridgehead atoms. The SMILES string of the molecule is Cc1ccc(Br)cc1C(=O)Nc1cccc(C)c1C(N)=S. The summed E-state index contributed by atoms with van der Waals surface area (Å²) < 4.78 is 0.858. The van der Waals surface area contributed by atoms with Crippen LogP contribution in [0.3, 0.4) is 0 Å². The van der Waals surface area contributed by atoms with Crippen molar-refractivity contribution >= 4 is 44.7 Å². The van der Waals surface area contributed by atoms with Gasteiger partial charge >= 0.3 is 0 Å². The van der Waals surface area contributed by atoms with Gasteiger partial charge in [-0.05, 0) is 43.2 Å². The van der Waals surface area contributed by atoms with Crippen LogP contribution in [0.2, 0.25) is 0 Å². The highest BCUT2D eigenvalue weighted by molar-refractivity contribution is 9.10. The van der Waals surface area contributed by atoms with Crippen LogP contribution < -0.4 is 11.1 Å². The summed E-state index contributed by atoms with van der Waals surface area (Å²) in [5.41, 5.74) is 9.54. The second kappa shape index (κ2) is 6.37. The normalized spacial score (nSPS) is 10.2. The minimum atomic E-state index is -0.183. The Morgan fingerprint density at radius 3 is 2.57 bits per heavy atom. The van der Waals surface area contributed by atoms with Crippen molar-refractivity contribution in [1.82, 2.24) is 0 Å². The molecule has 0 radical (unpaired) electrons. The fraction of sp³-hybridized carbons (Fsp3) is 0.125. The van der Waals surface area contributed by atoms with Gasteiger partial charge in [0.2, 0.25) is 0 Å². The van der Waals surface area contributed by atoms with E-state index in [4.69, 9.17) is 18.0 Å². The molecule has 1 amide bonds. The third-order valence-electron chi connectivity index (χ3n) is 3.21. The Labute approximate surface area is 137 Å². The molecular formula is C16H15BrN2OS. The Morgan fingerprint density at radius 2 is 1.90 bits per heavy atom. The number of carbonyl (C=O) groups is 1. The molecule has 0 spiro atoms. The molecule has 2 aromatic carbocycles. The highest BCUT2D eigenvalue weighted by atomic mass is 79.9. The van der Waals surface area contributed by atoms with Crippen molar-refractivity contribution in [2.45, 2.75) is 13.8 Å². The van der Waals surface area contributed by atoms with Crippen LogP contribution in [-0.4, -0.2) is 10.9 Å². The zero-order chi connectivity index (χ0) is 15.6. The zero-order valence-electron chi connectivity index (χ0n) is 11.7. The number of halogens is 1. The monoisotopic (exact) mass is 362 g/mol. The molecule has 21 heavy (non-hydrogen) atoms. The number of nitrogens with two attached hydrogens (primary N) is 1. The van der Waals surface area contributed by atoms with Gasteiger partial charge in [0.25, 0.3) is 5.91 Å². The van der Waals surface area contributed by atoms with E-state index in [0.29, 0.717) is 16.8 Å². The summed E-state index contributed by atoms with van der Waals surface area (Å²) in [6.07, 6.45) is 0. The van der Waals surface area contributed by atoms with Gasteiger partial charge in [-0.2, -0.15) is 0 Å². The quantitative estimate of drug-likeness (QED) is 0.812. The highest BCUT2D eigenvalue weighted by Gasteiger charge is 2.14. The molecular weight excluding hydrogens is 348 g/mol. The van der Waals surface area contributed by atoms with Crippen LogP contribution in [0, 0.1) is 13.8 Å². The Hall–Kier alpha value is -1.72. The summed E-state index contributed by atoms with van der Waals surface area (Å²) >= 11 is 8.45. The number of hydrogen-bond donors (Lipinski definition) is 2. The first-order valence-electron chi connectivity index (χ1n) is 6.37. The van der Waals surface area contributed by atoms with Gasteiger partial charge in [0, 0.05) is 15.6 Å². The van der Waals surface area contributed by atoms with Crippen molar-refractivity contribution in [3.05, 3.63) is 63.1 Å². The lowest BCUT2D eigenvalue weighted by molar-refractivity contribution is 0.102. The van der Waals surface area contributed by atoms with Crippen LogP contribution in [0.4, 0.5) is 5.69 Å². The minimum absolute atomic E-state index is 0.183. The van der Waals surface area contributed by atoms with E-state index in [0.717, 1.165) is 15.6 Å². The summed E-state index contributed by atoms with van der Waals surface area (Å²) in [6.45, 7) is 3.81. The maximum atomic E-state index is 12.5. The van der Waals surface area contributed by atoms with Gasteiger partial charge in [-0.15, -0.1) is 0 Å². The molecule has 0 saturated carbocycles. The predicted molar refractivity (Wildman–Crippen MR) is 93.9 cm³/mol. The summed E-state index contributed by atoms with van der Waals surface area (Å²) in [4.78, 5) is 12.7. The molecule has 0 aliphatic carbocycles. The van der Waals surface area contributed by atoms with Crippen molar-refractivity contribution < 1.29 is 4.79 Å². The topological polar surface area (TPSA) is 55.1 Å². The fourth-order valence-corrected chi connectivity index (χ4v) is 2.76. The van der Waals surface area contributed by atoms with Crippen molar-refractivity contribution in [1.29, 1.82) is 0 Å². The number of amides is 1. The summed E-state index contributed by atoms with van der Waals surface area (Å²) in [6, 6.07) is 11.2. The first-order chi connectivity index (χ1) is 9.90. The summed E-state index contributed by atoms with van der Waals surface area (Å²) in [5.74, 6) is -0.183. The lowest BCUT2D eigenvalue weighted by atomic mass is 10.0. The van der Waals surface area contributed by atoms with Crippen LogP contribution in [0.25, 0.3) is 0 Å². The maximum Gasteiger partial charge on any atom is 0.255 e. The smallest absolute Gasteiger partial charge is 0.255 e. The van der Waals surface area contributed by atoms with Gasteiger partial charge in [0.15, 0.2) is 0 Å². The van der Waals surface area contributed by atoms with E-state index >= 15 is 0 Å². The lowest BCUT2D eigenvalue weighted by Gasteiger charge is -2.13. The Kier molecular flexibility index (Phi) is 4.75. The van der Waals surface area contributed by atoms with Crippen molar-refractivity contribution in [2.24, 2.45) is 5.73 Å². The molecule has 0 aromatic heterocycles. The van der Waals surface area contributed by atoms with Gasteiger partial charge < -0.3 is 11.1 Å². The van der Waals surface area contributed by atoms with Gasteiger partial charge in [-0.25, -0.2) is 0 Å². The maximum absolute atomic E-state index is 12.5. The molecule has 0 heterocycles. The Morgan fingerprint density at radius 1 is 1.19 bits per heavy atom. The number of carbonyl (C=O) groups excluding carboxylic acids is 1. The zero-order valence-corrected chi connectivity index (χ0v) is 14.1. The van der Waals surface area contributed by atoms with Crippen LogP contribution in [0.5, 0.6) is 0 Å². The van der Waals surface area contributed by atoms with Crippen LogP contribution in [-0.2, 0) is 0 Å². The van der Waals surface area contributed by atoms with E-state index in [1.54, 1.807) is 12.1 Å². The number of rotatable bonds is 3. The van der Waals surface area contributed by atoms with E-state index in [1.807, 2.05) is 38.1 Å². The lowest BCUT2D eigenvalue weighted by Crippen LogP contribution is -2.19. The second-order valence-corrected chi connectivity index (χ2v) is 6.13. The van der Waals surface area contributed by atoms with E-state index in [-0.39, 0.29) is 10.9 Å². The predicted octanol–water partition coefficient (Wildman–Crippen LogP) is 3.95. The molecule has 3 N–H and O–H groups in total. The van der Waals surface area contributed by atoms with Gasteiger partial charge in [-0.1, -0.05) is 46.3 Å². The van der Waals surface area contributed by atoms with Crippen molar-refractivity contribution in [3.8, 4) is 0 Å². The average Bonchev–Trinajstić information content (AvgIpc) is 2.41. The van der Waals surface area contributed by atoms with Crippen LogP contribution in [0.15, 0.2) is 40.9 Å². The first-order valence-corrected chi connectivity index (χ1v) is 7.57. The van der Waals surface area contributed by atoms with E-state index in [9.17, 15) is 4.79 Å². The van der Waals surface area contributed by atoms with E-state index in [1.165, 1.54) is 0 Å². The molecule has 108 valence electrons. The third-order valence-corrected chi connectivity index (χ3v) is 3.91. The molecule has 2 rings (SSSR count). The number of nitrogens with one attached hydrogen (secondary N) is 1. The van der Waals surface area contributed by atoms with Gasteiger partial charge in [0.1, 0.15) is 4.99 Å². The van der Waals surface area contributed by atoms with Gasteiger partial charge in [-0.3, -0.25) is 4.79 Å². The largest absolute Gasteiger partial charge is 0.389 e. The van der Waals surface area contributed by atoms with Crippen molar-refractivity contribution in [3.63, 3.8) is 0 Å². The first kappa shape index (κ1) is 15.7. The summed E-state index contributed by atoms with van der Waals surface area (Å²) in [5, 5.41) is 2.89. The summed E-state index contributed by atoms with van der Waals surface area (Å²) in [7, 11) is 0. The molecule has 0 atom stereocenters. The molecule has 2 aromatic rings. The average molecular weight is 363 g/mol. The molecule has 0 unspecified atom stereocenters. The van der Waals surface area contributed by atoms with Crippen LogP contribution in [0.1, 0.15) is 27.0 Å². The second-order valence-electron chi connectivity index (χ2n) is 4.78. The molecule has 5 heteroatoms. The number of benzene rings is 2. The number of thiocarbonyl (C=S) groups is 1. The standard InChI is InChI=1S/C16H15BrN2OS/c1-9-6-7-11(17)8-12(9)16(20)19-13-5-3-4-10(2)14(13)15(18)21/h3-8H,1-2H3,(H2,18,21)(H,19,20). The third kappa shape index (κ3) is 3.49. The Bertz CT molecular complexity index is 728. The van der Waals surface area contributed by atoms with Gasteiger partial charge in [0.05, 0.1) is 5.69 Å². The number of hydrogen-bond acceptors (Lipinski definition) is 2. The molecule has 0 aliphatic rings. The van der Waals surface area contributed by atoms with E-state index in [2.05, 4.69) is 21.2 Å². The molecule has 0 saturated heterocycles. The molecule has 0 fully saturated rings. The molecule has 3 nitrogen and oxygen atoms in total. The van der Waals surface area contributed by atoms with E-state index < -0.39 is 0 Å². The molecule has 0 aliphatic heterocycles. The Balaban J connectivity index is 2.39. The minimum Gasteiger partial charge on any atom is -0.389 e. The van der Waals surface area contributed by atoms with Crippen molar-refractivity contribution in [2.75, 3.05) is 5.32 Å². The van der Waals surface area contributed by atoms with Crippen LogP contribution >= 0.6 is 28.1 Å². The number of aryl methyl sites for hydroxylation is 2. The fourth-order valence-electron chi connectivity index (χ4n) is 2.13.